The van der Waals surface area contributed by atoms with E-state index < -0.39 is 5.91 Å². The van der Waals surface area contributed by atoms with Gasteiger partial charge in [0.05, 0.1) is 22.9 Å². The molecular weight excluding hydrogens is 434 g/mol. The molecule has 1 aliphatic rings. The molecule has 0 radical (unpaired) electrons. The van der Waals surface area contributed by atoms with Crippen LogP contribution < -0.4 is 15.5 Å². The number of nitrogens with zero attached hydrogens (tertiary/aromatic N) is 1. The van der Waals surface area contributed by atoms with Crippen molar-refractivity contribution in [1.82, 2.24) is 5.32 Å². The first-order valence-corrected chi connectivity index (χ1v) is 9.55. The molecule has 0 atom stereocenters. The molecule has 2 aromatic carbocycles. The maximum absolute atomic E-state index is 12.4. The van der Waals surface area contributed by atoms with Gasteiger partial charge in [0.2, 0.25) is 11.8 Å². The van der Waals surface area contributed by atoms with Crippen molar-refractivity contribution in [2.75, 3.05) is 23.3 Å². The Morgan fingerprint density at radius 1 is 1.19 bits per heavy atom. The number of hydrogen-bond donors (Lipinski definition) is 2. The number of carbonyl (C=O) groups is 3. The molecule has 0 bridgehead atoms. The lowest BCUT2D eigenvalue weighted by atomic mass is 10.1. The van der Waals surface area contributed by atoms with E-state index in [1.165, 1.54) is 0 Å². The molecule has 27 heavy (non-hydrogen) atoms. The molecule has 3 amide bonds. The third-order valence-electron chi connectivity index (χ3n) is 4.13. The number of amides is 3. The van der Waals surface area contributed by atoms with E-state index >= 15 is 0 Å². The summed E-state index contributed by atoms with van der Waals surface area (Å²) in [6, 6.07) is 11.9. The molecule has 0 aliphatic carbocycles. The van der Waals surface area contributed by atoms with Gasteiger partial charge in [-0.05, 0) is 52.7 Å². The van der Waals surface area contributed by atoms with E-state index in [1.807, 2.05) is 12.1 Å². The zero-order valence-corrected chi connectivity index (χ0v) is 16.6. The first-order chi connectivity index (χ1) is 13.0. The third-order valence-corrected chi connectivity index (χ3v) is 5.14. The lowest BCUT2D eigenvalue weighted by molar-refractivity contribution is -0.117. The summed E-state index contributed by atoms with van der Waals surface area (Å²) in [7, 11) is 0. The van der Waals surface area contributed by atoms with Gasteiger partial charge in [-0.3, -0.25) is 14.4 Å². The van der Waals surface area contributed by atoms with Gasteiger partial charge in [-0.1, -0.05) is 23.7 Å². The van der Waals surface area contributed by atoms with Crippen LogP contribution >= 0.6 is 27.5 Å². The van der Waals surface area contributed by atoms with Crippen LogP contribution in [0.1, 0.15) is 23.2 Å². The fraction of sp³-hybridized carbons (Fsp3) is 0.211. The van der Waals surface area contributed by atoms with Crippen LogP contribution in [-0.4, -0.2) is 30.8 Å². The fourth-order valence-corrected chi connectivity index (χ4v) is 3.39. The van der Waals surface area contributed by atoms with Crippen molar-refractivity contribution in [3.8, 4) is 0 Å². The highest BCUT2D eigenvalue weighted by Crippen LogP contribution is 2.30. The second kappa shape index (κ2) is 8.54. The molecule has 3 rings (SSSR count). The predicted molar refractivity (Wildman–Crippen MR) is 108 cm³/mol. The summed E-state index contributed by atoms with van der Waals surface area (Å²) in [6.45, 7) is 0.402. The maximum atomic E-state index is 12.4. The summed E-state index contributed by atoms with van der Waals surface area (Å²) in [6.07, 6.45) is 1.24. The molecule has 0 aromatic heterocycles. The standard InChI is InChI=1S/C19H17BrClN3O3/c20-13-4-1-2-5-15(13)23-17(25)11-22-19(27)12-7-8-14(21)16(10-12)24-9-3-6-18(24)26/h1-2,4-5,7-8,10H,3,6,9,11H2,(H,22,27)(H,23,25). The summed E-state index contributed by atoms with van der Waals surface area (Å²) >= 11 is 9.53. The number of hydrogen-bond acceptors (Lipinski definition) is 3. The molecular formula is C19H17BrClN3O3. The van der Waals surface area contributed by atoms with Gasteiger partial charge in [0, 0.05) is 23.0 Å². The van der Waals surface area contributed by atoms with E-state index in [0.717, 1.165) is 10.9 Å². The first-order valence-electron chi connectivity index (χ1n) is 8.38. The second-order valence-electron chi connectivity index (χ2n) is 6.03. The minimum atomic E-state index is -0.415. The smallest absolute Gasteiger partial charge is 0.251 e. The Balaban J connectivity index is 1.63. The number of para-hydroxylation sites is 1. The monoisotopic (exact) mass is 449 g/mol. The zero-order chi connectivity index (χ0) is 19.4. The molecule has 1 saturated heterocycles. The molecule has 0 unspecified atom stereocenters. The van der Waals surface area contributed by atoms with Crippen molar-refractivity contribution in [2.45, 2.75) is 12.8 Å². The summed E-state index contributed by atoms with van der Waals surface area (Å²) in [5.74, 6) is -0.775. The fourth-order valence-electron chi connectivity index (χ4n) is 2.78. The Hall–Kier alpha value is -2.38. The molecule has 2 aromatic rings. The van der Waals surface area contributed by atoms with Gasteiger partial charge in [-0.25, -0.2) is 0 Å². The highest BCUT2D eigenvalue weighted by atomic mass is 79.9. The average Bonchev–Trinajstić information content (AvgIpc) is 3.08. The number of rotatable bonds is 5. The molecule has 8 heteroatoms. The van der Waals surface area contributed by atoms with Gasteiger partial charge < -0.3 is 15.5 Å². The lowest BCUT2D eigenvalue weighted by Gasteiger charge is -2.18. The van der Waals surface area contributed by atoms with Crippen molar-refractivity contribution in [3.63, 3.8) is 0 Å². The Labute approximate surface area is 170 Å². The van der Waals surface area contributed by atoms with E-state index in [2.05, 4.69) is 26.6 Å². The largest absolute Gasteiger partial charge is 0.343 e. The molecule has 2 N–H and O–H groups in total. The van der Waals surface area contributed by atoms with E-state index in [9.17, 15) is 14.4 Å². The van der Waals surface area contributed by atoms with Crippen molar-refractivity contribution >= 4 is 56.6 Å². The zero-order valence-electron chi connectivity index (χ0n) is 14.3. The van der Waals surface area contributed by atoms with Crippen LogP contribution in [0.4, 0.5) is 11.4 Å². The first kappa shape index (κ1) is 19.4. The molecule has 0 saturated carbocycles. The average molecular weight is 451 g/mol. The Bertz CT molecular complexity index is 904. The quantitative estimate of drug-likeness (QED) is 0.730. The summed E-state index contributed by atoms with van der Waals surface area (Å²) in [5, 5.41) is 5.70. The van der Waals surface area contributed by atoms with Gasteiger partial charge in [0.15, 0.2) is 0 Å². The van der Waals surface area contributed by atoms with Gasteiger partial charge in [-0.15, -0.1) is 0 Å². The van der Waals surface area contributed by atoms with Crippen molar-refractivity contribution < 1.29 is 14.4 Å². The molecule has 140 valence electrons. The van der Waals surface area contributed by atoms with Crippen molar-refractivity contribution in [2.24, 2.45) is 0 Å². The highest BCUT2D eigenvalue weighted by molar-refractivity contribution is 9.10. The van der Waals surface area contributed by atoms with Crippen molar-refractivity contribution in [3.05, 3.63) is 57.5 Å². The Morgan fingerprint density at radius 2 is 1.96 bits per heavy atom. The normalized spacial score (nSPS) is 13.6. The summed E-state index contributed by atoms with van der Waals surface area (Å²) < 4.78 is 0.752. The van der Waals surface area contributed by atoms with Gasteiger partial charge >= 0.3 is 0 Å². The Morgan fingerprint density at radius 3 is 2.67 bits per heavy atom. The van der Waals surface area contributed by atoms with Gasteiger partial charge in [-0.2, -0.15) is 0 Å². The molecule has 0 spiro atoms. The highest BCUT2D eigenvalue weighted by Gasteiger charge is 2.24. The van der Waals surface area contributed by atoms with E-state index in [0.29, 0.717) is 34.9 Å². The van der Waals surface area contributed by atoms with Crippen LogP contribution in [0.15, 0.2) is 46.9 Å². The van der Waals surface area contributed by atoms with E-state index in [-0.39, 0.29) is 18.4 Å². The number of halogens is 2. The number of benzene rings is 2. The van der Waals surface area contributed by atoms with Crippen LogP contribution in [0.2, 0.25) is 5.02 Å². The second-order valence-corrected chi connectivity index (χ2v) is 7.29. The number of carbonyl (C=O) groups excluding carboxylic acids is 3. The van der Waals surface area contributed by atoms with Crippen LogP contribution in [0, 0.1) is 0 Å². The molecule has 1 aliphatic heterocycles. The van der Waals surface area contributed by atoms with Gasteiger partial charge in [0.25, 0.3) is 5.91 Å². The van der Waals surface area contributed by atoms with Crippen LogP contribution in [0.25, 0.3) is 0 Å². The number of anilines is 2. The topological polar surface area (TPSA) is 78.5 Å². The SMILES string of the molecule is O=C(CNC(=O)c1ccc(Cl)c(N2CCCC2=O)c1)Nc1ccccc1Br. The summed E-state index contributed by atoms with van der Waals surface area (Å²) in [4.78, 5) is 38.0. The molecule has 1 heterocycles. The van der Waals surface area contributed by atoms with Crippen LogP contribution in [-0.2, 0) is 9.59 Å². The van der Waals surface area contributed by atoms with Crippen molar-refractivity contribution in [1.29, 1.82) is 0 Å². The van der Waals surface area contributed by atoms with E-state index in [4.69, 9.17) is 11.6 Å². The minimum Gasteiger partial charge on any atom is -0.343 e. The number of nitrogens with one attached hydrogen (secondary N) is 2. The summed E-state index contributed by atoms with van der Waals surface area (Å²) in [5.41, 5.74) is 1.48. The Kier molecular flexibility index (Phi) is 6.13. The van der Waals surface area contributed by atoms with Crippen LogP contribution in [0.5, 0.6) is 0 Å². The van der Waals surface area contributed by atoms with Crippen LogP contribution in [0.3, 0.4) is 0 Å². The lowest BCUT2D eigenvalue weighted by Crippen LogP contribution is -2.33. The third kappa shape index (κ3) is 4.67. The predicted octanol–water partition coefficient (Wildman–Crippen LogP) is 3.60. The molecule has 1 fully saturated rings. The minimum absolute atomic E-state index is 0.0118. The maximum Gasteiger partial charge on any atom is 0.251 e. The van der Waals surface area contributed by atoms with Gasteiger partial charge in [0.1, 0.15) is 0 Å². The molecule has 6 nitrogen and oxygen atoms in total. The van der Waals surface area contributed by atoms with E-state index in [1.54, 1.807) is 35.2 Å².